The first-order valence-electron chi connectivity index (χ1n) is 5.05. The molecule has 0 bridgehead atoms. The zero-order valence-electron chi connectivity index (χ0n) is 9.18. The summed E-state index contributed by atoms with van der Waals surface area (Å²) in [4.78, 5) is 15.4. The van der Waals surface area contributed by atoms with Crippen molar-refractivity contribution in [1.82, 2.24) is 4.98 Å². The Balaban J connectivity index is 2.37. The summed E-state index contributed by atoms with van der Waals surface area (Å²) < 4.78 is 6.53. The number of ether oxygens (including phenoxy) is 1. The maximum Gasteiger partial charge on any atom is 0.163 e. The van der Waals surface area contributed by atoms with Crippen LogP contribution in [0.2, 0.25) is 0 Å². The molecule has 0 aliphatic carbocycles. The van der Waals surface area contributed by atoms with Crippen molar-refractivity contribution in [2.45, 2.75) is 6.92 Å². The van der Waals surface area contributed by atoms with Gasteiger partial charge in [-0.25, -0.2) is 0 Å². The Kier molecular flexibility index (Phi) is 3.54. The number of Topliss-reactive ketones (excluding diaryl/α,β-unsaturated/α-hetero) is 1. The predicted molar refractivity (Wildman–Crippen MR) is 68.5 cm³/mol. The zero-order valence-corrected chi connectivity index (χ0v) is 10.8. The SMILES string of the molecule is CC(=O)c1ccc(Br)cc1Oc1ccncc1. The molecule has 2 aromatic rings. The third-order valence-electron chi connectivity index (χ3n) is 2.20. The Morgan fingerprint density at radius 3 is 2.59 bits per heavy atom. The Morgan fingerprint density at radius 2 is 1.94 bits per heavy atom. The Labute approximate surface area is 108 Å². The fourth-order valence-corrected chi connectivity index (χ4v) is 1.74. The van der Waals surface area contributed by atoms with E-state index in [1.807, 2.05) is 6.07 Å². The maximum absolute atomic E-state index is 11.5. The van der Waals surface area contributed by atoms with Crippen LogP contribution >= 0.6 is 15.9 Å². The smallest absolute Gasteiger partial charge is 0.163 e. The van der Waals surface area contributed by atoms with Crippen LogP contribution in [-0.2, 0) is 0 Å². The van der Waals surface area contributed by atoms with Crippen molar-refractivity contribution in [3.63, 3.8) is 0 Å². The molecule has 0 aliphatic heterocycles. The lowest BCUT2D eigenvalue weighted by Gasteiger charge is -2.09. The van der Waals surface area contributed by atoms with Crippen molar-refractivity contribution in [1.29, 1.82) is 0 Å². The molecule has 4 heteroatoms. The van der Waals surface area contributed by atoms with Gasteiger partial charge in [0.25, 0.3) is 0 Å². The van der Waals surface area contributed by atoms with E-state index < -0.39 is 0 Å². The Hall–Kier alpha value is -1.68. The first-order valence-corrected chi connectivity index (χ1v) is 5.84. The van der Waals surface area contributed by atoms with Crippen LogP contribution in [0, 0.1) is 0 Å². The molecule has 0 amide bonds. The highest BCUT2D eigenvalue weighted by Crippen LogP contribution is 2.28. The summed E-state index contributed by atoms with van der Waals surface area (Å²) in [5.41, 5.74) is 0.560. The van der Waals surface area contributed by atoms with Crippen LogP contribution in [-0.4, -0.2) is 10.8 Å². The van der Waals surface area contributed by atoms with Crippen LogP contribution in [0.25, 0.3) is 0 Å². The first kappa shape index (κ1) is 11.8. The predicted octanol–water partition coefficient (Wildman–Crippen LogP) is 3.84. The summed E-state index contributed by atoms with van der Waals surface area (Å²) in [5, 5.41) is 0. The number of hydrogen-bond acceptors (Lipinski definition) is 3. The fraction of sp³-hybridized carbons (Fsp3) is 0.0769. The second kappa shape index (κ2) is 5.10. The number of halogens is 1. The second-order valence-corrected chi connectivity index (χ2v) is 4.40. The summed E-state index contributed by atoms with van der Waals surface area (Å²) in [5.74, 6) is 1.17. The van der Waals surface area contributed by atoms with Crippen LogP contribution < -0.4 is 4.74 Å². The molecule has 0 unspecified atom stereocenters. The third kappa shape index (κ3) is 2.91. The number of carbonyl (C=O) groups is 1. The highest BCUT2D eigenvalue weighted by molar-refractivity contribution is 9.10. The van der Waals surface area contributed by atoms with Crippen LogP contribution in [0.4, 0.5) is 0 Å². The molecule has 1 aromatic carbocycles. The van der Waals surface area contributed by atoms with E-state index >= 15 is 0 Å². The lowest BCUT2D eigenvalue weighted by atomic mass is 10.1. The van der Waals surface area contributed by atoms with Crippen LogP contribution in [0.5, 0.6) is 11.5 Å². The minimum atomic E-state index is -0.0263. The molecule has 1 aromatic heterocycles. The fourth-order valence-electron chi connectivity index (χ4n) is 1.40. The topological polar surface area (TPSA) is 39.2 Å². The quantitative estimate of drug-likeness (QED) is 0.807. The van der Waals surface area contributed by atoms with Gasteiger partial charge in [0.15, 0.2) is 5.78 Å². The number of hydrogen-bond donors (Lipinski definition) is 0. The van der Waals surface area contributed by atoms with E-state index in [9.17, 15) is 4.79 Å². The summed E-state index contributed by atoms with van der Waals surface area (Å²) in [6, 6.07) is 8.81. The molecule has 3 nitrogen and oxygen atoms in total. The monoisotopic (exact) mass is 291 g/mol. The van der Waals surface area contributed by atoms with Crippen molar-refractivity contribution in [2.75, 3.05) is 0 Å². The van der Waals surface area contributed by atoms with Crippen molar-refractivity contribution in [2.24, 2.45) is 0 Å². The van der Waals surface area contributed by atoms with Gasteiger partial charge in [-0.05, 0) is 37.3 Å². The van der Waals surface area contributed by atoms with E-state index in [2.05, 4.69) is 20.9 Å². The Bertz CT molecular complexity index is 540. The van der Waals surface area contributed by atoms with Gasteiger partial charge in [0, 0.05) is 16.9 Å². The number of pyridine rings is 1. The molecule has 0 atom stereocenters. The van der Waals surface area contributed by atoms with Gasteiger partial charge in [0.05, 0.1) is 5.56 Å². The number of nitrogens with zero attached hydrogens (tertiary/aromatic N) is 1. The van der Waals surface area contributed by atoms with Crippen LogP contribution in [0.15, 0.2) is 47.2 Å². The van der Waals surface area contributed by atoms with E-state index in [0.29, 0.717) is 17.1 Å². The molecule has 0 fully saturated rings. The minimum Gasteiger partial charge on any atom is -0.456 e. The van der Waals surface area contributed by atoms with Crippen molar-refractivity contribution in [3.8, 4) is 11.5 Å². The average Bonchev–Trinajstić information content (AvgIpc) is 2.30. The molecular formula is C13H10BrNO2. The number of ketones is 1. The van der Waals surface area contributed by atoms with Gasteiger partial charge in [0.1, 0.15) is 11.5 Å². The van der Waals surface area contributed by atoms with E-state index in [4.69, 9.17) is 4.74 Å². The van der Waals surface area contributed by atoms with E-state index in [1.54, 1.807) is 36.7 Å². The molecule has 0 spiro atoms. The van der Waals surface area contributed by atoms with Gasteiger partial charge < -0.3 is 4.74 Å². The summed E-state index contributed by atoms with van der Waals surface area (Å²) in [6.45, 7) is 1.52. The molecule has 0 aliphatic rings. The summed E-state index contributed by atoms with van der Waals surface area (Å²) in [7, 11) is 0. The molecule has 17 heavy (non-hydrogen) atoms. The lowest BCUT2D eigenvalue weighted by molar-refractivity contribution is 0.101. The first-order chi connectivity index (χ1) is 8.16. The Morgan fingerprint density at radius 1 is 1.24 bits per heavy atom. The molecular weight excluding hydrogens is 282 g/mol. The highest BCUT2D eigenvalue weighted by Gasteiger charge is 2.09. The second-order valence-electron chi connectivity index (χ2n) is 3.48. The van der Waals surface area contributed by atoms with E-state index in [-0.39, 0.29) is 5.78 Å². The highest BCUT2D eigenvalue weighted by atomic mass is 79.9. The summed E-state index contributed by atoms with van der Waals surface area (Å²) >= 11 is 3.36. The van der Waals surface area contributed by atoms with Crippen molar-refractivity contribution in [3.05, 3.63) is 52.8 Å². The average molecular weight is 292 g/mol. The molecule has 0 saturated carbocycles. The molecule has 86 valence electrons. The van der Waals surface area contributed by atoms with Crippen molar-refractivity contribution >= 4 is 21.7 Å². The zero-order chi connectivity index (χ0) is 12.3. The van der Waals surface area contributed by atoms with Gasteiger partial charge in [0.2, 0.25) is 0 Å². The largest absolute Gasteiger partial charge is 0.456 e. The van der Waals surface area contributed by atoms with E-state index in [1.165, 1.54) is 6.92 Å². The number of rotatable bonds is 3. The van der Waals surface area contributed by atoms with Crippen LogP contribution in [0.1, 0.15) is 17.3 Å². The van der Waals surface area contributed by atoms with Gasteiger partial charge >= 0.3 is 0 Å². The molecule has 0 N–H and O–H groups in total. The minimum absolute atomic E-state index is 0.0263. The third-order valence-corrected chi connectivity index (χ3v) is 2.69. The number of aromatic nitrogens is 1. The number of benzene rings is 1. The summed E-state index contributed by atoms with van der Waals surface area (Å²) in [6.07, 6.45) is 3.28. The molecule has 0 radical (unpaired) electrons. The normalized spacial score (nSPS) is 10.0. The lowest BCUT2D eigenvalue weighted by Crippen LogP contribution is -1.97. The molecule has 1 heterocycles. The van der Waals surface area contributed by atoms with Crippen molar-refractivity contribution < 1.29 is 9.53 Å². The van der Waals surface area contributed by atoms with E-state index in [0.717, 1.165) is 4.47 Å². The van der Waals surface area contributed by atoms with Gasteiger partial charge in [-0.3, -0.25) is 9.78 Å². The maximum atomic E-state index is 11.5. The molecule has 0 saturated heterocycles. The molecule has 2 rings (SSSR count). The van der Waals surface area contributed by atoms with Crippen LogP contribution in [0.3, 0.4) is 0 Å². The standard InChI is InChI=1S/C13H10BrNO2/c1-9(16)12-3-2-10(14)8-13(12)17-11-4-6-15-7-5-11/h2-8H,1H3. The van der Waals surface area contributed by atoms with Gasteiger partial charge in [-0.2, -0.15) is 0 Å². The number of carbonyl (C=O) groups excluding carboxylic acids is 1. The van der Waals surface area contributed by atoms with Gasteiger partial charge in [-0.1, -0.05) is 15.9 Å². The van der Waals surface area contributed by atoms with Gasteiger partial charge in [-0.15, -0.1) is 0 Å².